The monoisotopic (exact) mass is 404 g/mol. The Morgan fingerprint density at radius 1 is 0.621 bits per heavy atom. The van der Waals surface area contributed by atoms with Crippen LogP contribution in [0.5, 0.6) is 0 Å². The highest BCUT2D eigenvalue weighted by molar-refractivity contribution is 5.72. The summed E-state index contributed by atoms with van der Waals surface area (Å²) in [5.74, 6) is 11.3. The van der Waals surface area contributed by atoms with Gasteiger partial charge in [-0.15, -0.1) is 0 Å². The number of carbonyl (C=O) groups excluding carboxylic acids is 2. The molecule has 6 heteroatoms. The van der Waals surface area contributed by atoms with Crippen LogP contribution in [-0.2, 0) is 19.1 Å². The zero-order valence-electron chi connectivity index (χ0n) is 17.7. The molecule has 2 aliphatic rings. The van der Waals surface area contributed by atoms with Gasteiger partial charge in [-0.3, -0.25) is 9.59 Å². The minimum Gasteiger partial charge on any atom is -0.452 e. The predicted octanol–water partition coefficient (Wildman–Crippen LogP) is -0.612. The smallest absolute Gasteiger partial charge is 0.306 e. The molecular formula is C23H36N2O4+2. The van der Waals surface area contributed by atoms with Gasteiger partial charge in [0.2, 0.25) is 0 Å². The number of quaternary nitrogens is 2. The van der Waals surface area contributed by atoms with Crippen LogP contribution in [-0.4, -0.2) is 64.4 Å². The van der Waals surface area contributed by atoms with Gasteiger partial charge in [-0.1, -0.05) is 11.8 Å². The standard InChI is InChI=1S/C23H34N2O4/c26-22(28-20-9-7-18-24-14-3-1-4-15-24)12-11-13-23(27)29-21-10-8-19-25-16-5-2-6-17-25/h1-6,11-21H2/p+2. The van der Waals surface area contributed by atoms with Crippen molar-refractivity contribution in [1.82, 2.24) is 0 Å². The molecule has 29 heavy (non-hydrogen) atoms. The lowest BCUT2D eigenvalue weighted by Crippen LogP contribution is -3.12. The lowest BCUT2D eigenvalue weighted by Gasteiger charge is -2.20. The van der Waals surface area contributed by atoms with Crippen LogP contribution in [0.1, 0.15) is 57.8 Å². The lowest BCUT2D eigenvalue weighted by atomic mass is 10.1. The summed E-state index contributed by atoms with van der Waals surface area (Å²) in [7, 11) is 0. The van der Waals surface area contributed by atoms with E-state index >= 15 is 0 Å². The van der Waals surface area contributed by atoms with Gasteiger partial charge < -0.3 is 19.3 Å². The van der Waals surface area contributed by atoms with E-state index < -0.39 is 0 Å². The molecule has 2 heterocycles. The first-order valence-corrected chi connectivity index (χ1v) is 11.1. The first-order valence-electron chi connectivity index (χ1n) is 11.1. The number of carbonyl (C=O) groups is 2. The summed E-state index contributed by atoms with van der Waals surface area (Å²) in [6, 6.07) is 0. The quantitative estimate of drug-likeness (QED) is 0.419. The molecule has 0 spiro atoms. The fraction of sp³-hybridized carbons (Fsp3) is 0.739. The minimum absolute atomic E-state index is 0.130. The van der Waals surface area contributed by atoms with Crippen molar-refractivity contribution in [3.63, 3.8) is 0 Å². The number of piperidine rings is 2. The highest BCUT2D eigenvalue weighted by atomic mass is 16.5. The summed E-state index contributed by atoms with van der Waals surface area (Å²) in [6.07, 6.45) is 8.61. The summed E-state index contributed by atoms with van der Waals surface area (Å²) in [6.45, 7) is 6.67. The largest absolute Gasteiger partial charge is 0.452 e. The second kappa shape index (κ2) is 14.9. The molecule has 6 nitrogen and oxygen atoms in total. The molecule has 0 aromatic rings. The Hall–Kier alpha value is -2.02. The van der Waals surface area contributed by atoms with Crippen molar-refractivity contribution >= 4 is 11.9 Å². The SMILES string of the molecule is O=C(CCCC(=O)OCC#CC[NH+]1CCCCC1)OCC#CC[NH+]1CCCCC1. The van der Waals surface area contributed by atoms with E-state index in [1.54, 1.807) is 0 Å². The van der Waals surface area contributed by atoms with Crippen LogP contribution in [0.15, 0.2) is 0 Å². The van der Waals surface area contributed by atoms with Gasteiger partial charge in [0.25, 0.3) is 0 Å². The first-order chi connectivity index (χ1) is 14.2. The van der Waals surface area contributed by atoms with Crippen LogP contribution in [0.25, 0.3) is 0 Å². The summed E-state index contributed by atoms with van der Waals surface area (Å²) < 4.78 is 10.2. The fourth-order valence-electron chi connectivity index (χ4n) is 3.69. The second-order valence-electron chi connectivity index (χ2n) is 7.86. The van der Waals surface area contributed by atoms with Crippen molar-refractivity contribution in [1.29, 1.82) is 0 Å². The number of esters is 2. The summed E-state index contributed by atoms with van der Waals surface area (Å²) in [4.78, 5) is 26.4. The average molecular weight is 405 g/mol. The summed E-state index contributed by atoms with van der Waals surface area (Å²) in [5.41, 5.74) is 0. The number of hydrogen-bond donors (Lipinski definition) is 2. The maximum Gasteiger partial charge on any atom is 0.306 e. The van der Waals surface area contributed by atoms with Crippen LogP contribution in [0, 0.1) is 23.7 Å². The van der Waals surface area contributed by atoms with Crippen molar-refractivity contribution in [2.24, 2.45) is 0 Å². The Morgan fingerprint density at radius 2 is 1.03 bits per heavy atom. The van der Waals surface area contributed by atoms with Crippen molar-refractivity contribution in [3.05, 3.63) is 0 Å². The Balaban J connectivity index is 1.43. The van der Waals surface area contributed by atoms with Crippen molar-refractivity contribution in [2.75, 3.05) is 52.5 Å². The van der Waals surface area contributed by atoms with E-state index in [9.17, 15) is 9.59 Å². The van der Waals surface area contributed by atoms with Gasteiger partial charge in [0.05, 0.1) is 26.2 Å². The maximum atomic E-state index is 11.7. The molecule has 2 saturated heterocycles. The summed E-state index contributed by atoms with van der Waals surface area (Å²) >= 11 is 0. The van der Waals surface area contributed by atoms with E-state index in [4.69, 9.17) is 9.47 Å². The van der Waals surface area contributed by atoms with Crippen molar-refractivity contribution in [2.45, 2.75) is 57.8 Å². The van der Waals surface area contributed by atoms with Gasteiger partial charge >= 0.3 is 11.9 Å². The molecular weight excluding hydrogens is 368 g/mol. The second-order valence-corrected chi connectivity index (χ2v) is 7.86. The van der Waals surface area contributed by atoms with Gasteiger partial charge in [0.15, 0.2) is 13.2 Å². The Morgan fingerprint density at radius 3 is 1.45 bits per heavy atom. The number of rotatable bonds is 8. The maximum absolute atomic E-state index is 11.7. The van der Waals surface area contributed by atoms with Crippen LogP contribution in [0.3, 0.4) is 0 Å². The molecule has 0 unspecified atom stereocenters. The minimum atomic E-state index is -0.318. The van der Waals surface area contributed by atoms with Crippen LogP contribution in [0.4, 0.5) is 0 Å². The van der Waals surface area contributed by atoms with Gasteiger partial charge in [-0.25, -0.2) is 0 Å². The molecule has 2 aliphatic heterocycles. The van der Waals surface area contributed by atoms with E-state index in [-0.39, 0.29) is 38.0 Å². The molecule has 0 bridgehead atoms. The Labute approximate surface area is 175 Å². The molecule has 0 radical (unpaired) electrons. The topological polar surface area (TPSA) is 61.5 Å². The first kappa shape index (κ1) is 23.3. The molecule has 2 N–H and O–H groups in total. The van der Waals surface area contributed by atoms with Crippen LogP contribution in [0.2, 0.25) is 0 Å². The van der Waals surface area contributed by atoms with E-state index in [1.807, 2.05) is 0 Å². The summed E-state index contributed by atoms with van der Waals surface area (Å²) in [5, 5.41) is 0. The third-order valence-corrected chi connectivity index (χ3v) is 5.42. The fourth-order valence-corrected chi connectivity index (χ4v) is 3.69. The molecule has 0 aromatic carbocycles. The van der Waals surface area contributed by atoms with Crippen LogP contribution < -0.4 is 9.80 Å². The van der Waals surface area contributed by atoms with Crippen LogP contribution >= 0.6 is 0 Å². The molecule has 0 amide bonds. The lowest BCUT2D eigenvalue weighted by molar-refractivity contribution is -0.897. The number of nitrogens with one attached hydrogen (secondary N) is 2. The highest BCUT2D eigenvalue weighted by Crippen LogP contribution is 1.99. The third-order valence-electron chi connectivity index (χ3n) is 5.42. The molecule has 2 rings (SSSR count). The Bertz CT molecular complexity index is 560. The average Bonchev–Trinajstić information content (AvgIpc) is 2.75. The number of ether oxygens (including phenoxy) is 2. The van der Waals surface area contributed by atoms with Crippen molar-refractivity contribution < 1.29 is 28.9 Å². The molecule has 0 saturated carbocycles. The normalized spacial score (nSPS) is 17.4. The van der Waals surface area contributed by atoms with E-state index in [2.05, 4.69) is 23.7 Å². The number of hydrogen-bond acceptors (Lipinski definition) is 4. The Kier molecular flexibility index (Phi) is 12.0. The van der Waals surface area contributed by atoms with Gasteiger partial charge in [-0.05, 0) is 56.8 Å². The zero-order valence-corrected chi connectivity index (χ0v) is 17.7. The zero-order chi connectivity index (χ0) is 20.6. The third kappa shape index (κ3) is 11.5. The highest BCUT2D eigenvalue weighted by Gasteiger charge is 2.12. The van der Waals surface area contributed by atoms with Gasteiger partial charge in [0, 0.05) is 12.8 Å². The molecule has 0 aromatic heterocycles. The van der Waals surface area contributed by atoms with E-state index in [1.165, 1.54) is 74.5 Å². The van der Waals surface area contributed by atoms with Gasteiger partial charge in [-0.2, -0.15) is 0 Å². The molecule has 2 fully saturated rings. The van der Waals surface area contributed by atoms with E-state index in [0.29, 0.717) is 6.42 Å². The molecule has 0 atom stereocenters. The number of likely N-dealkylation sites (tertiary alicyclic amines) is 2. The molecule has 160 valence electrons. The predicted molar refractivity (Wildman–Crippen MR) is 110 cm³/mol. The molecule has 0 aliphatic carbocycles. The van der Waals surface area contributed by atoms with Crippen molar-refractivity contribution in [3.8, 4) is 23.7 Å². The van der Waals surface area contributed by atoms with Gasteiger partial charge in [0.1, 0.15) is 13.1 Å². The van der Waals surface area contributed by atoms with E-state index in [0.717, 1.165) is 13.1 Å².